The molecule has 0 bridgehead atoms. The van der Waals surface area contributed by atoms with Crippen molar-refractivity contribution in [2.45, 2.75) is 37.9 Å². The van der Waals surface area contributed by atoms with E-state index in [4.69, 9.17) is 4.52 Å². The molecule has 3 aromatic rings. The van der Waals surface area contributed by atoms with Crippen LogP contribution in [0.5, 0.6) is 0 Å². The second-order valence-electron chi connectivity index (χ2n) is 6.28. The number of rotatable bonds is 3. The van der Waals surface area contributed by atoms with Crippen LogP contribution < -0.4 is 0 Å². The van der Waals surface area contributed by atoms with Crippen molar-refractivity contribution in [3.8, 4) is 10.7 Å². The number of aryl methyl sites for hydroxylation is 1. The molecule has 1 aliphatic rings. The molecule has 1 aliphatic carbocycles. The van der Waals surface area contributed by atoms with Gasteiger partial charge in [0.15, 0.2) is 0 Å². The molecule has 5 nitrogen and oxygen atoms in total. The molecule has 4 rings (SSSR count). The van der Waals surface area contributed by atoms with E-state index in [-0.39, 0.29) is 5.89 Å². The minimum absolute atomic E-state index is 0.263. The Morgan fingerprint density at radius 1 is 1.21 bits per heavy atom. The predicted octanol–water partition coefficient (Wildman–Crippen LogP) is 3.23. The number of hydrogen-bond acceptors (Lipinski definition) is 6. The van der Waals surface area contributed by atoms with Gasteiger partial charge in [0, 0.05) is 11.3 Å². The first kappa shape index (κ1) is 15.5. The van der Waals surface area contributed by atoms with Crippen LogP contribution in [0.2, 0.25) is 0 Å². The topological polar surface area (TPSA) is 79.4 Å². The van der Waals surface area contributed by atoms with Gasteiger partial charge in [-0.3, -0.25) is 0 Å². The highest BCUT2D eigenvalue weighted by atomic mass is 32.1. The molecule has 0 saturated heterocycles. The fraction of sp³-hybridized carbons (Fsp3) is 0.333. The van der Waals surface area contributed by atoms with Gasteiger partial charge in [0.1, 0.15) is 5.60 Å². The lowest BCUT2D eigenvalue weighted by atomic mass is 9.80. The quantitative estimate of drug-likeness (QED) is 0.764. The van der Waals surface area contributed by atoms with Crippen molar-refractivity contribution in [2.75, 3.05) is 0 Å². The summed E-state index contributed by atoms with van der Waals surface area (Å²) in [4.78, 5) is 6.09. The number of aliphatic hydroxyl groups excluding tert-OH is 1. The van der Waals surface area contributed by atoms with E-state index in [1.165, 1.54) is 16.9 Å². The Hall–Kier alpha value is -2.02. The van der Waals surface area contributed by atoms with Crippen molar-refractivity contribution in [1.29, 1.82) is 0 Å². The van der Waals surface area contributed by atoms with Crippen molar-refractivity contribution >= 4 is 11.3 Å². The third-order valence-electron chi connectivity index (χ3n) is 4.49. The highest BCUT2D eigenvalue weighted by molar-refractivity contribution is 7.15. The Morgan fingerprint density at radius 2 is 2.00 bits per heavy atom. The molecular formula is C18H18N2O3S. The van der Waals surface area contributed by atoms with Crippen molar-refractivity contribution in [3.63, 3.8) is 0 Å². The van der Waals surface area contributed by atoms with E-state index in [2.05, 4.69) is 16.2 Å². The third-order valence-corrected chi connectivity index (χ3v) is 5.74. The monoisotopic (exact) mass is 342 g/mol. The summed E-state index contributed by atoms with van der Waals surface area (Å²) in [5, 5.41) is 24.7. The number of hydrogen-bond donors (Lipinski definition) is 2. The molecule has 0 fully saturated rings. The number of aromatic nitrogens is 2. The molecule has 0 aliphatic heterocycles. The molecule has 1 aromatic carbocycles. The number of benzene rings is 1. The smallest absolute Gasteiger partial charge is 0.259 e. The van der Waals surface area contributed by atoms with Gasteiger partial charge < -0.3 is 14.7 Å². The minimum Gasteiger partial charge on any atom is -0.388 e. The predicted molar refractivity (Wildman–Crippen MR) is 90.6 cm³/mol. The van der Waals surface area contributed by atoms with E-state index < -0.39 is 11.7 Å². The van der Waals surface area contributed by atoms with Crippen molar-refractivity contribution < 1.29 is 14.7 Å². The van der Waals surface area contributed by atoms with Crippen molar-refractivity contribution in [3.05, 3.63) is 58.3 Å². The maximum atomic E-state index is 11.0. The number of nitrogens with zero attached hydrogens (tertiary/aromatic N) is 2. The molecule has 24 heavy (non-hydrogen) atoms. The van der Waals surface area contributed by atoms with E-state index >= 15 is 0 Å². The minimum atomic E-state index is -1.12. The summed E-state index contributed by atoms with van der Waals surface area (Å²) in [6.45, 7) is 1.72. The molecule has 124 valence electrons. The van der Waals surface area contributed by atoms with Crippen molar-refractivity contribution in [2.24, 2.45) is 0 Å². The van der Waals surface area contributed by atoms with Crippen LogP contribution in [0.15, 0.2) is 40.9 Å². The molecule has 2 unspecified atom stereocenters. The first-order chi connectivity index (χ1) is 11.5. The van der Waals surface area contributed by atoms with Crippen molar-refractivity contribution in [1.82, 2.24) is 10.1 Å². The van der Waals surface area contributed by atoms with E-state index in [9.17, 15) is 10.2 Å². The summed E-state index contributed by atoms with van der Waals surface area (Å²) in [7, 11) is 0. The molecule has 0 radical (unpaired) electrons. The summed E-state index contributed by atoms with van der Waals surface area (Å²) in [5.74, 6) is 0.716. The van der Waals surface area contributed by atoms with Gasteiger partial charge in [-0.15, -0.1) is 11.3 Å². The molecule has 0 amide bonds. The Bertz CT molecular complexity index is 871. The van der Waals surface area contributed by atoms with Gasteiger partial charge in [-0.1, -0.05) is 29.4 Å². The summed E-state index contributed by atoms with van der Waals surface area (Å²) in [6.07, 6.45) is 1.31. The van der Waals surface area contributed by atoms with Gasteiger partial charge in [-0.25, -0.2) is 0 Å². The second-order valence-corrected chi connectivity index (χ2v) is 7.39. The third kappa shape index (κ3) is 2.66. The van der Waals surface area contributed by atoms with Crippen LogP contribution in [-0.4, -0.2) is 20.4 Å². The molecular weight excluding hydrogens is 324 g/mol. The molecule has 0 spiro atoms. The molecule has 2 atom stereocenters. The molecule has 2 N–H and O–H groups in total. The summed E-state index contributed by atoms with van der Waals surface area (Å²) in [6, 6.07) is 11.8. The summed E-state index contributed by atoms with van der Waals surface area (Å²) in [5.41, 5.74) is 1.27. The van der Waals surface area contributed by atoms with Crippen LogP contribution in [0, 0.1) is 0 Å². The zero-order chi connectivity index (χ0) is 16.7. The fourth-order valence-electron chi connectivity index (χ4n) is 3.11. The lowest BCUT2D eigenvalue weighted by molar-refractivity contribution is -0.00860. The average molecular weight is 342 g/mol. The van der Waals surface area contributed by atoms with Crippen LogP contribution >= 0.6 is 11.3 Å². The number of aliphatic hydroxyl groups is 2. The van der Waals surface area contributed by atoms with Gasteiger partial charge in [-0.2, -0.15) is 4.98 Å². The number of fused-ring (bicyclic) bond motifs is 1. The first-order valence-corrected chi connectivity index (χ1v) is 8.78. The van der Waals surface area contributed by atoms with Crippen LogP contribution in [0.4, 0.5) is 0 Å². The van der Waals surface area contributed by atoms with E-state index in [0.717, 1.165) is 21.7 Å². The lowest BCUT2D eigenvalue weighted by Crippen LogP contribution is -2.33. The standard InChI is InChI=1S/C18H18N2O3S/c1-11(21)14-6-7-15(24-14)16-19-17(23-20-16)18(22)9-8-12-4-2-3-5-13(12)10-18/h2-7,11,21-22H,8-10H2,1H3. The van der Waals surface area contributed by atoms with Gasteiger partial charge in [-0.05, 0) is 43.0 Å². The van der Waals surface area contributed by atoms with E-state index in [1.54, 1.807) is 6.92 Å². The molecule has 2 heterocycles. The summed E-state index contributed by atoms with van der Waals surface area (Å²) < 4.78 is 5.38. The van der Waals surface area contributed by atoms with Gasteiger partial charge in [0.2, 0.25) is 5.82 Å². The SMILES string of the molecule is CC(O)c1ccc(-c2noc(C3(O)CCc4ccccc4C3)n2)s1. The zero-order valence-electron chi connectivity index (χ0n) is 13.3. The Balaban J connectivity index is 1.62. The number of thiophene rings is 1. The Kier molecular flexibility index (Phi) is 3.75. The zero-order valence-corrected chi connectivity index (χ0v) is 14.1. The second kappa shape index (κ2) is 5.81. The Labute approximate surface area is 143 Å². The van der Waals surface area contributed by atoms with Crippen LogP contribution in [-0.2, 0) is 18.4 Å². The first-order valence-electron chi connectivity index (χ1n) is 7.97. The van der Waals surface area contributed by atoms with Gasteiger partial charge in [0.25, 0.3) is 5.89 Å². The molecule has 2 aromatic heterocycles. The van der Waals surface area contributed by atoms with Crippen LogP contribution in [0.1, 0.15) is 41.3 Å². The highest BCUT2D eigenvalue weighted by Crippen LogP contribution is 2.37. The maximum absolute atomic E-state index is 11.0. The average Bonchev–Trinajstić information content (AvgIpc) is 3.24. The Morgan fingerprint density at radius 3 is 2.75 bits per heavy atom. The normalized spacial score (nSPS) is 21.5. The van der Waals surface area contributed by atoms with E-state index in [1.807, 2.05) is 30.3 Å². The fourth-order valence-corrected chi connectivity index (χ4v) is 3.98. The largest absolute Gasteiger partial charge is 0.388 e. The highest BCUT2D eigenvalue weighted by Gasteiger charge is 2.39. The molecule has 6 heteroatoms. The van der Waals surface area contributed by atoms with E-state index in [0.29, 0.717) is 18.7 Å². The maximum Gasteiger partial charge on any atom is 0.259 e. The van der Waals surface area contributed by atoms with Crippen LogP contribution in [0.3, 0.4) is 0 Å². The molecule has 0 saturated carbocycles. The van der Waals surface area contributed by atoms with Gasteiger partial charge in [0.05, 0.1) is 11.0 Å². The lowest BCUT2D eigenvalue weighted by Gasteiger charge is -2.30. The summed E-state index contributed by atoms with van der Waals surface area (Å²) >= 11 is 1.42. The van der Waals surface area contributed by atoms with Gasteiger partial charge >= 0.3 is 0 Å². The van der Waals surface area contributed by atoms with Crippen LogP contribution in [0.25, 0.3) is 10.7 Å².